The molecule has 6 heteroatoms. The normalized spacial score (nSPS) is 11.6. The van der Waals surface area contributed by atoms with Crippen LogP contribution in [0.15, 0.2) is 84.1 Å². The number of hydrazone groups is 1. The van der Waals surface area contributed by atoms with E-state index >= 15 is 0 Å². The second-order valence-corrected chi connectivity index (χ2v) is 8.07. The van der Waals surface area contributed by atoms with Gasteiger partial charge in [0.2, 0.25) is 5.95 Å². The Morgan fingerprint density at radius 3 is 2.66 bits per heavy atom. The van der Waals surface area contributed by atoms with Gasteiger partial charge in [0.15, 0.2) is 0 Å². The van der Waals surface area contributed by atoms with Gasteiger partial charge in [-0.15, -0.1) is 0 Å². The van der Waals surface area contributed by atoms with Crippen LogP contribution in [0, 0.1) is 3.57 Å². The summed E-state index contributed by atoms with van der Waals surface area (Å²) in [5.41, 5.74) is 8.44. The average Bonchev–Trinajstić information content (AvgIpc) is 3.31. The Morgan fingerprint density at radius 1 is 1.00 bits per heavy atom. The minimum atomic E-state index is 0.630. The molecule has 0 radical (unpaired) electrons. The highest BCUT2D eigenvalue weighted by Gasteiger charge is 2.07. The third-order valence-electron chi connectivity index (χ3n) is 4.85. The van der Waals surface area contributed by atoms with Gasteiger partial charge in [0, 0.05) is 32.8 Å². The van der Waals surface area contributed by atoms with Crippen molar-refractivity contribution in [2.45, 2.75) is 6.54 Å². The number of fused-ring (bicyclic) bond motifs is 2. The molecular formula is C23H18IN5. The Balaban J connectivity index is 1.42. The lowest BCUT2D eigenvalue weighted by Gasteiger charge is -2.05. The van der Waals surface area contributed by atoms with Gasteiger partial charge in [-0.2, -0.15) is 5.10 Å². The van der Waals surface area contributed by atoms with E-state index in [1.807, 2.05) is 30.5 Å². The first-order valence-corrected chi connectivity index (χ1v) is 10.4. The van der Waals surface area contributed by atoms with Gasteiger partial charge in [0.25, 0.3) is 0 Å². The lowest BCUT2D eigenvalue weighted by Crippen LogP contribution is -1.97. The maximum absolute atomic E-state index is 4.49. The maximum atomic E-state index is 4.49. The minimum absolute atomic E-state index is 0.630. The SMILES string of the molecule is Ic1ccc(Cn2cc(/C=N\Nc3nc4ccccc4[nH]3)c3ccccc32)cc1. The van der Waals surface area contributed by atoms with Crippen molar-refractivity contribution in [2.75, 3.05) is 5.43 Å². The number of imidazole rings is 1. The molecule has 0 unspecified atom stereocenters. The van der Waals surface area contributed by atoms with Gasteiger partial charge in [0.1, 0.15) is 0 Å². The Kier molecular flexibility index (Phi) is 4.77. The number of rotatable bonds is 5. The third kappa shape index (κ3) is 3.75. The van der Waals surface area contributed by atoms with Crippen molar-refractivity contribution in [1.29, 1.82) is 0 Å². The monoisotopic (exact) mass is 491 g/mol. The predicted molar refractivity (Wildman–Crippen MR) is 128 cm³/mol. The van der Waals surface area contributed by atoms with Crippen molar-refractivity contribution in [3.05, 3.63) is 93.7 Å². The van der Waals surface area contributed by atoms with Crippen LogP contribution in [0.3, 0.4) is 0 Å². The molecule has 0 aliphatic heterocycles. The molecule has 0 amide bonds. The highest BCUT2D eigenvalue weighted by molar-refractivity contribution is 14.1. The number of H-pyrrole nitrogens is 1. The van der Waals surface area contributed by atoms with Gasteiger partial charge < -0.3 is 9.55 Å². The number of hydrogen-bond donors (Lipinski definition) is 2. The Morgan fingerprint density at radius 2 is 1.79 bits per heavy atom. The van der Waals surface area contributed by atoms with Gasteiger partial charge in [-0.3, -0.25) is 0 Å². The summed E-state index contributed by atoms with van der Waals surface area (Å²) in [5, 5.41) is 5.58. The maximum Gasteiger partial charge on any atom is 0.222 e. The van der Waals surface area contributed by atoms with E-state index in [4.69, 9.17) is 0 Å². The zero-order valence-electron chi connectivity index (χ0n) is 15.5. The number of hydrogen-bond acceptors (Lipinski definition) is 3. The lowest BCUT2D eigenvalue weighted by molar-refractivity contribution is 0.836. The van der Waals surface area contributed by atoms with Crippen LogP contribution in [0.2, 0.25) is 0 Å². The molecule has 0 aliphatic rings. The summed E-state index contributed by atoms with van der Waals surface area (Å²) in [7, 11) is 0. The van der Waals surface area contributed by atoms with Crippen LogP contribution in [0.5, 0.6) is 0 Å². The number of nitrogens with one attached hydrogen (secondary N) is 2. The highest BCUT2D eigenvalue weighted by atomic mass is 127. The van der Waals surface area contributed by atoms with Crippen LogP contribution < -0.4 is 5.43 Å². The van der Waals surface area contributed by atoms with Crippen LogP contribution >= 0.6 is 22.6 Å². The fourth-order valence-electron chi connectivity index (χ4n) is 3.46. The van der Waals surface area contributed by atoms with Crippen molar-refractivity contribution >= 4 is 56.7 Å². The van der Waals surface area contributed by atoms with Gasteiger partial charge >= 0.3 is 0 Å². The molecule has 0 bridgehead atoms. The molecular weight excluding hydrogens is 473 g/mol. The average molecular weight is 491 g/mol. The predicted octanol–water partition coefficient (Wildman–Crippen LogP) is 5.62. The number of nitrogens with zero attached hydrogens (tertiary/aromatic N) is 3. The number of anilines is 1. The molecule has 2 aromatic heterocycles. The van der Waals surface area contributed by atoms with E-state index in [1.165, 1.54) is 20.0 Å². The van der Waals surface area contributed by atoms with E-state index in [9.17, 15) is 0 Å². The summed E-state index contributed by atoms with van der Waals surface area (Å²) in [6.07, 6.45) is 3.99. The topological polar surface area (TPSA) is 58.0 Å². The largest absolute Gasteiger partial charge is 0.342 e. The molecule has 5 rings (SSSR count). The molecule has 2 heterocycles. The summed E-state index contributed by atoms with van der Waals surface area (Å²) in [6.45, 7) is 0.822. The van der Waals surface area contributed by atoms with Crippen molar-refractivity contribution in [2.24, 2.45) is 5.10 Å². The van der Waals surface area contributed by atoms with E-state index in [1.54, 1.807) is 0 Å². The number of para-hydroxylation sites is 3. The number of halogens is 1. The Labute approximate surface area is 181 Å². The molecule has 0 aliphatic carbocycles. The summed E-state index contributed by atoms with van der Waals surface area (Å²) in [4.78, 5) is 7.71. The first-order valence-electron chi connectivity index (χ1n) is 9.32. The van der Waals surface area contributed by atoms with Crippen LogP contribution in [0.1, 0.15) is 11.1 Å². The lowest BCUT2D eigenvalue weighted by atomic mass is 10.2. The molecule has 3 aromatic carbocycles. The van der Waals surface area contributed by atoms with Crippen molar-refractivity contribution in [1.82, 2.24) is 14.5 Å². The first kappa shape index (κ1) is 17.9. The van der Waals surface area contributed by atoms with Crippen LogP contribution in [-0.4, -0.2) is 20.7 Å². The number of aromatic nitrogens is 3. The van der Waals surface area contributed by atoms with Gasteiger partial charge in [-0.05, 0) is 58.5 Å². The number of aromatic amines is 1. The van der Waals surface area contributed by atoms with Crippen LogP contribution in [0.25, 0.3) is 21.9 Å². The standard InChI is InChI=1S/C23H18IN5/c24-18-11-9-16(10-12-18)14-29-15-17(19-5-1-4-8-22(19)29)13-25-28-23-26-20-6-2-3-7-21(20)27-23/h1-13,15H,14H2,(H2,26,27,28)/b25-13-. The second-order valence-electron chi connectivity index (χ2n) is 6.83. The molecule has 29 heavy (non-hydrogen) atoms. The second kappa shape index (κ2) is 7.71. The summed E-state index contributed by atoms with van der Waals surface area (Å²) in [6, 6.07) is 24.9. The van der Waals surface area contributed by atoms with E-state index < -0.39 is 0 Å². The first-order chi connectivity index (χ1) is 14.3. The van der Waals surface area contributed by atoms with E-state index in [0.717, 1.165) is 23.1 Å². The summed E-state index contributed by atoms with van der Waals surface area (Å²) in [5.74, 6) is 0.630. The van der Waals surface area contributed by atoms with Crippen molar-refractivity contribution < 1.29 is 0 Å². The molecule has 0 spiro atoms. The molecule has 0 saturated carbocycles. The van der Waals surface area contributed by atoms with Crippen LogP contribution in [0.4, 0.5) is 5.95 Å². The van der Waals surface area contributed by atoms with E-state index in [0.29, 0.717) is 5.95 Å². The van der Waals surface area contributed by atoms with E-state index in [-0.39, 0.29) is 0 Å². The highest BCUT2D eigenvalue weighted by Crippen LogP contribution is 2.22. The summed E-state index contributed by atoms with van der Waals surface area (Å²) < 4.78 is 3.51. The quantitative estimate of drug-likeness (QED) is 0.191. The zero-order valence-corrected chi connectivity index (χ0v) is 17.7. The third-order valence-corrected chi connectivity index (χ3v) is 5.57. The molecule has 0 saturated heterocycles. The Bertz CT molecular complexity index is 1280. The van der Waals surface area contributed by atoms with Gasteiger partial charge in [-0.25, -0.2) is 10.4 Å². The van der Waals surface area contributed by atoms with Gasteiger partial charge in [-0.1, -0.05) is 42.5 Å². The molecule has 142 valence electrons. The fourth-order valence-corrected chi connectivity index (χ4v) is 3.82. The molecule has 0 fully saturated rings. The molecule has 2 N–H and O–H groups in total. The van der Waals surface area contributed by atoms with Crippen LogP contribution in [-0.2, 0) is 6.54 Å². The van der Waals surface area contributed by atoms with Crippen molar-refractivity contribution in [3.63, 3.8) is 0 Å². The fraction of sp³-hybridized carbons (Fsp3) is 0.0435. The smallest absolute Gasteiger partial charge is 0.222 e. The summed E-state index contributed by atoms with van der Waals surface area (Å²) >= 11 is 2.33. The van der Waals surface area contributed by atoms with Gasteiger partial charge in [0.05, 0.1) is 17.2 Å². The molecule has 5 nitrogen and oxygen atoms in total. The van der Waals surface area contributed by atoms with Crippen molar-refractivity contribution in [3.8, 4) is 0 Å². The Hall–Kier alpha value is -3.13. The van der Waals surface area contributed by atoms with E-state index in [2.05, 4.69) is 102 Å². The molecule has 5 aromatic rings. The minimum Gasteiger partial charge on any atom is -0.342 e. The number of benzene rings is 3. The zero-order chi connectivity index (χ0) is 19.6. The molecule has 0 atom stereocenters.